The monoisotopic (exact) mass is 276 g/mol. The predicted octanol–water partition coefficient (Wildman–Crippen LogP) is 1.87. The normalized spacial score (nSPS) is 11.3. The second kappa shape index (κ2) is 8.63. The van der Waals surface area contributed by atoms with Crippen LogP contribution in [0.15, 0.2) is 24.3 Å². The van der Waals surface area contributed by atoms with E-state index in [-0.39, 0.29) is 11.9 Å². The van der Waals surface area contributed by atoms with Crippen molar-refractivity contribution in [3.05, 3.63) is 35.4 Å². The van der Waals surface area contributed by atoms with E-state index in [1.807, 2.05) is 25.1 Å². The van der Waals surface area contributed by atoms with Crippen LogP contribution in [-0.2, 0) is 0 Å². The first-order valence-corrected chi connectivity index (χ1v) is 7.66. The first-order valence-electron chi connectivity index (χ1n) is 6.26. The molecule has 1 rings (SSSR count). The highest BCUT2D eigenvalue weighted by molar-refractivity contribution is 7.98. The Balaban J connectivity index is 2.76. The van der Waals surface area contributed by atoms with Gasteiger partial charge in [0.1, 0.15) is 0 Å². The van der Waals surface area contributed by atoms with Gasteiger partial charge < -0.3 is 11.1 Å². The number of rotatable bonds is 5. The van der Waals surface area contributed by atoms with Gasteiger partial charge in [0.2, 0.25) is 0 Å². The van der Waals surface area contributed by atoms with Crippen molar-refractivity contribution in [2.45, 2.75) is 19.4 Å². The van der Waals surface area contributed by atoms with E-state index in [0.29, 0.717) is 12.1 Å². The molecule has 1 atom stereocenters. The largest absolute Gasteiger partial charge is 0.350 e. The van der Waals surface area contributed by atoms with Gasteiger partial charge >= 0.3 is 0 Å². The highest BCUT2D eigenvalue weighted by atomic mass is 32.2. The van der Waals surface area contributed by atoms with Crippen molar-refractivity contribution in [1.82, 2.24) is 5.32 Å². The van der Waals surface area contributed by atoms with Crippen molar-refractivity contribution in [3.8, 4) is 11.8 Å². The van der Waals surface area contributed by atoms with Crippen molar-refractivity contribution in [1.29, 1.82) is 0 Å². The summed E-state index contributed by atoms with van der Waals surface area (Å²) in [6.07, 6.45) is 3.02. The Morgan fingerprint density at radius 2 is 2.21 bits per heavy atom. The van der Waals surface area contributed by atoms with E-state index in [1.54, 1.807) is 17.8 Å². The molecule has 0 radical (unpaired) electrons. The van der Waals surface area contributed by atoms with Crippen molar-refractivity contribution in [2.75, 3.05) is 18.6 Å². The predicted molar refractivity (Wildman–Crippen MR) is 82.3 cm³/mol. The van der Waals surface area contributed by atoms with Crippen LogP contribution in [0.4, 0.5) is 0 Å². The van der Waals surface area contributed by atoms with Crippen molar-refractivity contribution < 1.29 is 4.79 Å². The van der Waals surface area contributed by atoms with Crippen LogP contribution in [0.2, 0.25) is 0 Å². The summed E-state index contributed by atoms with van der Waals surface area (Å²) in [7, 11) is 0. The average molecular weight is 276 g/mol. The van der Waals surface area contributed by atoms with Gasteiger partial charge in [-0.05, 0) is 37.5 Å². The van der Waals surface area contributed by atoms with Crippen LogP contribution in [0.3, 0.4) is 0 Å². The molecule has 0 aliphatic carbocycles. The highest BCUT2D eigenvalue weighted by Gasteiger charge is 2.12. The first-order chi connectivity index (χ1) is 9.19. The van der Waals surface area contributed by atoms with Gasteiger partial charge in [0.25, 0.3) is 5.91 Å². The van der Waals surface area contributed by atoms with E-state index in [9.17, 15) is 4.79 Å². The van der Waals surface area contributed by atoms with Crippen LogP contribution in [-0.4, -0.2) is 30.5 Å². The number of carbonyl (C=O) groups excluding carboxylic acids is 1. The maximum Gasteiger partial charge on any atom is 0.252 e. The number of hydrogen-bond acceptors (Lipinski definition) is 3. The zero-order valence-corrected chi connectivity index (χ0v) is 12.2. The van der Waals surface area contributed by atoms with Gasteiger partial charge in [-0.1, -0.05) is 24.0 Å². The Morgan fingerprint density at radius 3 is 2.89 bits per heavy atom. The van der Waals surface area contributed by atoms with Gasteiger partial charge in [-0.2, -0.15) is 11.8 Å². The molecule has 0 aliphatic heterocycles. The molecule has 0 saturated heterocycles. The van der Waals surface area contributed by atoms with Crippen LogP contribution < -0.4 is 11.1 Å². The van der Waals surface area contributed by atoms with E-state index in [4.69, 9.17) is 5.73 Å². The molecule has 3 N–H and O–H groups in total. The minimum Gasteiger partial charge on any atom is -0.350 e. The van der Waals surface area contributed by atoms with E-state index in [1.165, 1.54) is 0 Å². The maximum absolute atomic E-state index is 12.2. The van der Waals surface area contributed by atoms with Crippen LogP contribution >= 0.6 is 11.8 Å². The summed E-state index contributed by atoms with van der Waals surface area (Å²) < 4.78 is 0. The third kappa shape index (κ3) is 5.37. The SMILES string of the molecule is CSCCC(C)NC(=O)c1ccccc1C#CCN. The quantitative estimate of drug-likeness (QED) is 0.807. The fourth-order valence-electron chi connectivity index (χ4n) is 1.60. The number of thioether (sulfide) groups is 1. The molecule has 102 valence electrons. The summed E-state index contributed by atoms with van der Waals surface area (Å²) in [6.45, 7) is 2.31. The molecule has 0 fully saturated rings. The lowest BCUT2D eigenvalue weighted by Crippen LogP contribution is -2.33. The van der Waals surface area contributed by atoms with Gasteiger partial charge in [0.15, 0.2) is 0 Å². The number of benzene rings is 1. The molecule has 0 saturated carbocycles. The topological polar surface area (TPSA) is 55.1 Å². The molecule has 3 nitrogen and oxygen atoms in total. The van der Waals surface area contributed by atoms with Crippen LogP contribution in [0.5, 0.6) is 0 Å². The first kappa shape index (κ1) is 15.6. The lowest BCUT2D eigenvalue weighted by Gasteiger charge is -2.13. The lowest BCUT2D eigenvalue weighted by atomic mass is 10.1. The molecule has 4 heteroatoms. The molecule has 0 aliphatic rings. The Hall–Kier alpha value is -1.44. The highest BCUT2D eigenvalue weighted by Crippen LogP contribution is 2.08. The molecule has 1 unspecified atom stereocenters. The van der Waals surface area contributed by atoms with E-state index in [2.05, 4.69) is 23.4 Å². The summed E-state index contributed by atoms with van der Waals surface area (Å²) in [6, 6.07) is 7.50. The van der Waals surface area contributed by atoms with Crippen molar-refractivity contribution in [3.63, 3.8) is 0 Å². The third-order valence-electron chi connectivity index (χ3n) is 2.63. The van der Waals surface area contributed by atoms with Crippen LogP contribution in [0.25, 0.3) is 0 Å². The zero-order chi connectivity index (χ0) is 14.1. The Bertz CT molecular complexity index is 477. The molecule has 19 heavy (non-hydrogen) atoms. The minimum atomic E-state index is -0.0736. The Kier molecular flexibility index (Phi) is 7.09. The second-order valence-electron chi connectivity index (χ2n) is 4.21. The van der Waals surface area contributed by atoms with Gasteiger partial charge in [-0.3, -0.25) is 4.79 Å². The summed E-state index contributed by atoms with van der Waals surface area (Å²) >= 11 is 1.78. The molecular formula is C15H20N2OS. The van der Waals surface area contributed by atoms with Crippen molar-refractivity contribution in [2.24, 2.45) is 5.73 Å². The fourth-order valence-corrected chi connectivity index (χ4v) is 2.19. The van der Waals surface area contributed by atoms with E-state index in [0.717, 1.165) is 17.7 Å². The summed E-state index contributed by atoms with van der Waals surface area (Å²) in [4.78, 5) is 12.2. The van der Waals surface area contributed by atoms with Gasteiger partial charge in [-0.25, -0.2) is 0 Å². The number of carbonyl (C=O) groups is 1. The molecule has 1 aromatic rings. The molecule has 0 aromatic heterocycles. The van der Waals surface area contributed by atoms with Crippen molar-refractivity contribution >= 4 is 17.7 Å². The molecule has 1 amide bonds. The van der Waals surface area contributed by atoms with Gasteiger partial charge in [0.05, 0.1) is 12.1 Å². The molecule has 0 spiro atoms. The standard InChI is InChI=1S/C15H20N2OS/c1-12(9-11-19-2)17-15(18)14-8-4-3-6-13(14)7-5-10-16/h3-4,6,8,12H,9-11,16H2,1-2H3,(H,17,18). The summed E-state index contributed by atoms with van der Waals surface area (Å²) in [5.74, 6) is 6.68. The van der Waals surface area contributed by atoms with E-state index < -0.39 is 0 Å². The molecule has 0 heterocycles. The number of nitrogens with two attached hydrogens (primary N) is 1. The second-order valence-corrected chi connectivity index (χ2v) is 5.19. The van der Waals surface area contributed by atoms with Gasteiger partial charge in [-0.15, -0.1) is 0 Å². The van der Waals surface area contributed by atoms with Gasteiger partial charge in [0, 0.05) is 11.6 Å². The summed E-state index contributed by atoms with van der Waals surface area (Å²) in [5, 5.41) is 3.00. The number of nitrogens with one attached hydrogen (secondary N) is 1. The maximum atomic E-state index is 12.2. The lowest BCUT2D eigenvalue weighted by molar-refractivity contribution is 0.0939. The zero-order valence-electron chi connectivity index (χ0n) is 11.4. The molecule has 1 aromatic carbocycles. The third-order valence-corrected chi connectivity index (χ3v) is 3.27. The number of amides is 1. The average Bonchev–Trinajstić information content (AvgIpc) is 2.43. The van der Waals surface area contributed by atoms with Crippen LogP contribution in [0.1, 0.15) is 29.3 Å². The summed E-state index contributed by atoms with van der Waals surface area (Å²) in [5.41, 5.74) is 6.70. The Morgan fingerprint density at radius 1 is 1.47 bits per heavy atom. The van der Waals surface area contributed by atoms with Crippen LogP contribution in [0, 0.1) is 11.8 Å². The van der Waals surface area contributed by atoms with E-state index >= 15 is 0 Å². The number of hydrogen-bond donors (Lipinski definition) is 2. The molecule has 0 bridgehead atoms. The fraction of sp³-hybridized carbons (Fsp3) is 0.400. The Labute approximate surface area is 119 Å². The smallest absolute Gasteiger partial charge is 0.252 e. The molecular weight excluding hydrogens is 256 g/mol. The minimum absolute atomic E-state index is 0.0736.